The fraction of sp³-hybridized carbons (Fsp3) is 0.500. The standard InChI is InChI=1S/C20H24FN5O/c1-5-13(12-7-8-12)19-22-18-17(24-26(6-2)25-20(18)23-19)14-10-15(21)16(27-4)9-11(14)3/h9-10,12-13H,5-8H2,1-4H3. The largest absolute Gasteiger partial charge is 0.494 e. The van der Waals surface area contributed by atoms with Gasteiger partial charge in [-0.05, 0) is 56.7 Å². The van der Waals surface area contributed by atoms with Crippen LogP contribution in [0.2, 0.25) is 0 Å². The Labute approximate surface area is 158 Å². The second-order valence-electron chi connectivity index (χ2n) is 7.14. The number of methoxy groups -OCH3 is 1. The maximum absolute atomic E-state index is 14.4. The molecule has 0 radical (unpaired) electrons. The summed E-state index contributed by atoms with van der Waals surface area (Å²) in [7, 11) is 1.46. The van der Waals surface area contributed by atoms with Gasteiger partial charge in [0.05, 0.1) is 13.7 Å². The van der Waals surface area contributed by atoms with Crippen molar-refractivity contribution in [2.45, 2.75) is 52.5 Å². The number of ether oxygens (including phenoxy) is 1. The number of hydrogen-bond acceptors (Lipinski definition) is 5. The van der Waals surface area contributed by atoms with E-state index in [2.05, 4.69) is 17.1 Å². The highest BCUT2D eigenvalue weighted by atomic mass is 19.1. The van der Waals surface area contributed by atoms with Gasteiger partial charge in [-0.2, -0.15) is 9.90 Å². The molecule has 2 aliphatic heterocycles. The van der Waals surface area contributed by atoms with Crippen molar-refractivity contribution in [1.82, 2.24) is 25.0 Å². The number of hydrogen-bond donors (Lipinski definition) is 0. The molecule has 1 saturated carbocycles. The molecule has 0 saturated heterocycles. The molecule has 0 bridgehead atoms. The lowest BCUT2D eigenvalue weighted by Crippen LogP contribution is -2.11. The Morgan fingerprint density at radius 2 is 1.96 bits per heavy atom. The third-order valence-corrected chi connectivity index (χ3v) is 5.31. The van der Waals surface area contributed by atoms with E-state index in [9.17, 15) is 4.39 Å². The van der Waals surface area contributed by atoms with Gasteiger partial charge in [0.25, 0.3) is 0 Å². The monoisotopic (exact) mass is 369 g/mol. The molecule has 6 nitrogen and oxygen atoms in total. The van der Waals surface area contributed by atoms with E-state index < -0.39 is 5.82 Å². The minimum atomic E-state index is -0.419. The Balaban J connectivity index is 1.89. The first kappa shape index (κ1) is 17.8. The Hall–Kier alpha value is -2.57. The summed E-state index contributed by atoms with van der Waals surface area (Å²) in [6, 6.07) is 3.15. The van der Waals surface area contributed by atoms with Crippen LogP contribution in [0.1, 0.15) is 50.4 Å². The summed E-state index contributed by atoms with van der Waals surface area (Å²) in [6.07, 6.45) is 3.48. The predicted molar refractivity (Wildman–Crippen MR) is 100 cm³/mol. The first-order valence-electron chi connectivity index (χ1n) is 9.52. The second kappa shape index (κ2) is 6.87. The molecule has 1 unspecified atom stereocenters. The molecule has 1 aromatic rings. The fourth-order valence-corrected chi connectivity index (χ4v) is 3.65. The Morgan fingerprint density at radius 1 is 1.19 bits per heavy atom. The second-order valence-corrected chi connectivity index (χ2v) is 7.14. The van der Waals surface area contributed by atoms with Crippen molar-refractivity contribution in [3.05, 3.63) is 29.3 Å². The van der Waals surface area contributed by atoms with E-state index >= 15 is 0 Å². The topological polar surface area (TPSA) is 65.7 Å². The van der Waals surface area contributed by atoms with Gasteiger partial charge in [-0.25, -0.2) is 14.4 Å². The predicted octanol–water partition coefficient (Wildman–Crippen LogP) is 4.22. The van der Waals surface area contributed by atoms with Gasteiger partial charge in [0.15, 0.2) is 11.6 Å². The summed E-state index contributed by atoms with van der Waals surface area (Å²) in [5, 5.41) is 9.10. The number of rotatable bonds is 6. The van der Waals surface area contributed by atoms with Crippen molar-refractivity contribution in [3.63, 3.8) is 0 Å². The van der Waals surface area contributed by atoms with E-state index in [1.807, 2.05) is 13.8 Å². The summed E-state index contributed by atoms with van der Waals surface area (Å²) in [6.45, 7) is 6.65. The summed E-state index contributed by atoms with van der Waals surface area (Å²) in [4.78, 5) is 11.1. The van der Waals surface area contributed by atoms with Gasteiger partial charge >= 0.3 is 0 Å². The third-order valence-electron chi connectivity index (χ3n) is 5.31. The summed E-state index contributed by atoms with van der Waals surface area (Å²) in [5.74, 6) is 2.24. The highest BCUT2D eigenvalue weighted by Crippen LogP contribution is 2.44. The number of aromatic nitrogens is 5. The van der Waals surface area contributed by atoms with Gasteiger partial charge in [-0.3, -0.25) is 0 Å². The van der Waals surface area contributed by atoms with Crippen molar-refractivity contribution in [2.24, 2.45) is 5.92 Å². The van der Waals surface area contributed by atoms with Gasteiger partial charge in [-0.15, -0.1) is 5.10 Å². The minimum Gasteiger partial charge on any atom is -0.494 e. The summed E-state index contributed by atoms with van der Waals surface area (Å²) < 4.78 is 19.5. The lowest BCUT2D eigenvalue weighted by Gasteiger charge is -2.12. The Bertz CT molecular complexity index is 950. The molecule has 1 fully saturated rings. The zero-order chi connectivity index (χ0) is 19.1. The molecule has 2 heterocycles. The molecule has 1 aliphatic carbocycles. The van der Waals surface area contributed by atoms with E-state index in [0.29, 0.717) is 41.2 Å². The van der Waals surface area contributed by atoms with Gasteiger partial charge in [0.2, 0.25) is 5.82 Å². The molecule has 0 amide bonds. The quantitative estimate of drug-likeness (QED) is 0.651. The third kappa shape index (κ3) is 3.15. The average Bonchev–Trinajstić information content (AvgIpc) is 3.41. The van der Waals surface area contributed by atoms with Crippen molar-refractivity contribution in [2.75, 3.05) is 7.11 Å². The highest BCUT2D eigenvalue weighted by molar-refractivity contribution is 5.77. The molecule has 142 valence electrons. The van der Waals surface area contributed by atoms with E-state index in [0.717, 1.165) is 17.8 Å². The number of nitrogens with zero attached hydrogens (tertiary/aromatic N) is 5. The molecule has 1 atom stereocenters. The fourth-order valence-electron chi connectivity index (χ4n) is 3.65. The molecule has 1 aromatic carbocycles. The van der Waals surface area contributed by atoms with Crippen LogP contribution in [0.3, 0.4) is 0 Å². The van der Waals surface area contributed by atoms with Crippen LogP contribution in [0.4, 0.5) is 4.39 Å². The van der Waals surface area contributed by atoms with Crippen LogP contribution in [0.15, 0.2) is 12.1 Å². The van der Waals surface area contributed by atoms with Crippen molar-refractivity contribution in [1.29, 1.82) is 0 Å². The van der Waals surface area contributed by atoms with E-state index in [1.54, 1.807) is 10.9 Å². The van der Waals surface area contributed by atoms with Crippen LogP contribution in [-0.4, -0.2) is 32.1 Å². The van der Waals surface area contributed by atoms with Crippen LogP contribution < -0.4 is 4.74 Å². The first-order valence-corrected chi connectivity index (χ1v) is 9.52. The van der Waals surface area contributed by atoms with E-state index in [4.69, 9.17) is 14.7 Å². The van der Waals surface area contributed by atoms with Crippen LogP contribution in [0.25, 0.3) is 22.8 Å². The number of imidazole rings is 1. The van der Waals surface area contributed by atoms with Crippen LogP contribution >= 0.6 is 0 Å². The molecule has 0 N–H and O–H groups in total. The maximum atomic E-state index is 14.4. The molecule has 4 rings (SSSR count). The lowest BCUT2D eigenvalue weighted by atomic mass is 10.0. The minimum absolute atomic E-state index is 0.221. The van der Waals surface area contributed by atoms with Crippen molar-refractivity contribution in [3.8, 4) is 28.5 Å². The molecule has 7 heteroatoms. The van der Waals surface area contributed by atoms with Gasteiger partial charge in [-0.1, -0.05) is 6.92 Å². The maximum Gasteiger partial charge on any atom is 0.204 e. The molecule has 27 heavy (non-hydrogen) atoms. The van der Waals surface area contributed by atoms with Gasteiger partial charge < -0.3 is 4.74 Å². The highest BCUT2D eigenvalue weighted by Gasteiger charge is 2.35. The Morgan fingerprint density at radius 3 is 2.59 bits per heavy atom. The zero-order valence-electron chi connectivity index (χ0n) is 16.2. The van der Waals surface area contributed by atoms with Crippen LogP contribution in [0.5, 0.6) is 5.75 Å². The number of aryl methyl sites for hydroxylation is 2. The van der Waals surface area contributed by atoms with Crippen molar-refractivity contribution < 1.29 is 9.13 Å². The summed E-state index contributed by atoms with van der Waals surface area (Å²) >= 11 is 0. The van der Waals surface area contributed by atoms with Crippen molar-refractivity contribution >= 4 is 0 Å². The normalized spacial score (nSPS) is 15.3. The molecular formula is C20H24FN5O. The van der Waals surface area contributed by atoms with Crippen LogP contribution in [0, 0.1) is 18.7 Å². The smallest absolute Gasteiger partial charge is 0.204 e. The number of fused-ring (bicyclic) bond motifs is 1. The SMILES string of the molecule is CCC(c1nc2nn(CC)nc(-c3cc(F)c(OC)cc3C)c-2n1)C1CC1. The van der Waals surface area contributed by atoms with E-state index in [-0.39, 0.29) is 5.75 Å². The van der Waals surface area contributed by atoms with Crippen LogP contribution in [-0.2, 0) is 6.54 Å². The molecule has 0 aromatic heterocycles. The average molecular weight is 369 g/mol. The molecular weight excluding hydrogens is 345 g/mol. The number of halogens is 1. The first-order chi connectivity index (χ1) is 13.0. The lowest BCUT2D eigenvalue weighted by molar-refractivity contribution is 0.386. The summed E-state index contributed by atoms with van der Waals surface area (Å²) in [5.41, 5.74) is 2.82. The Kier molecular flexibility index (Phi) is 4.53. The molecule has 3 aliphatic rings. The van der Waals surface area contributed by atoms with Gasteiger partial charge in [0.1, 0.15) is 17.2 Å². The molecule has 0 spiro atoms. The van der Waals surface area contributed by atoms with Gasteiger partial charge in [0, 0.05) is 11.5 Å². The number of benzene rings is 1. The van der Waals surface area contributed by atoms with E-state index in [1.165, 1.54) is 26.0 Å². The zero-order valence-corrected chi connectivity index (χ0v) is 16.2.